The van der Waals surface area contributed by atoms with Crippen LogP contribution in [-0.2, 0) is 0 Å². The maximum Gasteiger partial charge on any atom is 0.0223 e. The predicted octanol–water partition coefficient (Wildman–Crippen LogP) is 3.28. The van der Waals surface area contributed by atoms with Crippen molar-refractivity contribution in [2.75, 3.05) is 19.6 Å². The maximum absolute atomic E-state index is 3.77. The van der Waals surface area contributed by atoms with Gasteiger partial charge in [0, 0.05) is 18.6 Å². The Balaban J connectivity index is 1.90. The monoisotopic (exact) mass is 252 g/mol. The number of rotatable bonds is 6. The zero-order valence-corrected chi connectivity index (χ0v) is 12.6. The zero-order chi connectivity index (χ0) is 13.0. The second-order valence-corrected chi connectivity index (χ2v) is 6.66. The third-order valence-electron chi connectivity index (χ3n) is 5.05. The van der Waals surface area contributed by atoms with Crippen molar-refractivity contribution in [3.63, 3.8) is 0 Å². The van der Waals surface area contributed by atoms with Gasteiger partial charge in [-0.1, -0.05) is 33.6 Å². The number of nitrogens with zero attached hydrogens (tertiary/aromatic N) is 1. The highest BCUT2D eigenvalue weighted by Crippen LogP contribution is 2.30. The van der Waals surface area contributed by atoms with Crippen LogP contribution in [0.15, 0.2) is 0 Å². The molecular weight excluding hydrogens is 220 g/mol. The van der Waals surface area contributed by atoms with Gasteiger partial charge in [0.05, 0.1) is 0 Å². The topological polar surface area (TPSA) is 15.3 Å². The van der Waals surface area contributed by atoms with E-state index in [1.54, 1.807) is 0 Å². The minimum Gasteiger partial charge on any atom is -0.313 e. The van der Waals surface area contributed by atoms with Crippen LogP contribution in [-0.4, -0.2) is 36.6 Å². The molecular formula is C16H32N2. The SMILES string of the molecule is CCNC(CN1CCCC1C(C)C)C1CCCC1. The molecule has 0 spiro atoms. The van der Waals surface area contributed by atoms with Gasteiger partial charge in [0.15, 0.2) is 0 Å². The lowest BCUT2D eigenvalue weighted by molar-refractivity contribution is 0.166. The molecule has 0 aromatic heterocycles. The summed E-state index contributed by atoms with van der Waals surface area (Å²) in [5.74, 6) is 1.76. The average molecular weight is 252 g/mol. The first-order valence-corrected chi connectivity index (χ1v) is 8.19. The van der Waals surface area contributed by atoms with Crippen molar-refractivity contribution in [2.24, 2.45) is 11.8 Å². The Morgan fingerprint density at radius 2 is 1.83 bits per heavy atom. The van der Waals surface area contributed by atoms with Crippen LogP contribution >= 0.6 is 0 Å². The highest BCUT2D eigenvalue weighted by Gasteiger charge is 2.32. The first-order chi connectivity index (χ1) is 8.72. The molecule has 0 bridgehead atoms. The van der Waals surface area contributed by atoms with Crippen molar-refractivity contribution in [3.8, 4) is 0 Å². The number of hydrogen-bond donors (Lipinski definition) is 1. The molecule has 1 N–H and O–H groups in total. The lowest BCUT2D eigenvalue weighted by Gasteiger charge is -2.34. The highest BCUT2D eigenvalue weighted by molar-refractivity contribution is 4.88. The van der Waals surface area contributed by atoms with E-state index < -0.39 is 0 Å². The van der Waals surface area contributed by atoms with Crippen LogP contribution in [0.25, 0.3) is 0 Å². The van der Waals surface area contributed by atoms with Gasteiger partial charge >= 0.3 is 0 Å². The summed E-state index contributed by atoms with van der Waals surface area (Å²) in [6, 6.07) is 1.59. The van der Waals surface area contributed by atoms with Gasteiger partial charge in [-0.3, -0.25) is 4.90 Å². The fourth-order valence-electron chi connectivity index (χ4n) is 4.09. The lowest BCUT2D eigenvalue weighted by atomic mass is 9.96. The number of likely N-dealkylation sites (tertiary alicyclic amines) is 1. The van der Waals surface area contributed by atoms with Gasteiger partial charge in [-0.2, -0.15) is 0 Å². The molecule has 0 aromatic rings. The molecule has 2 unspecified atom stereocenters. The molecule has 1 saturated carbocycles. The van der Waals surface area contributed by atoms with Crippen LogP contribution in [0.2, 0.25) is 0 Å². The largest absolute Gasteiger partial charge is 0.313 e. The second kappa shape index (κ2) is 6.91. The fraction of sp³-hybridized carbons (Fsp3) is 1.00. The van der Waals surface area contributed by atoms with E-state index in [1.165, 1.54) is 51.6 Å². The molecule has 1 aliphatic heterocycles. The van der Waals surface area contributed by atoms with E-state index in [0.29, 0.717) is 0 Å². The van der Waals surface area contributed by atoms with E-state index in [4.69, 9.17) is 0 Å². The summed E-state index contributed by atoms with van der Waals surface area (Å²) in [5.41, 5.74) is 0. The Hall–Kier alpha value is -0.0800. The van der Waals surface area contributed by atoms with Crippen LogP contribution < -0.4 is 5.32 Å². The Morgan fingerprint density at radius 3 is 2.44 bits per heavy atom. The third-order valence-corrected chi connectivity index (χ3v) is 5.05. The smallest absolute Gasteiger partial charge is 0.0223 e. The second-order valence-electron chi connectivity index (χ2n) is 6.66. The molecule has 2 aliphatic rings. The Labute approximate surface area is 114 Å². The van der Waals surface area contributed by atoms with E-state index in [0.717, 1.165) is 30.5 Å². The van der Waals surface area contributed by atoms with Gasteiger partial charge in [-0.05, 0) is 50.6 Å². The van der Waals surface area contributed by atoms with E-state index in [9.17, 15) is 0 Å². The Morgan fingerprint density at radius 1 is 1.11 bits per heavy atom. The van der Waals surface area contributed by atoms with E-state index in [2.05, 4.69) is 31.0 Å². The zero-order valence-electron chi connectivity index (χ0n) is 12.6. The van der Waals surface area contributed by atoms with E-state index in [1.807, 2.05) is 0 Å². The average Bonchev–Trinajstić information content (AvgIpc) is 2.99. The molecule has 1 saturated heterocycles. The summed E-state index contributed by atoms with van der Waals surface area (Å²) in [6.45, 7) is 10.8. The molecule has 2 atom stereocenters. The van der Waals surface area contributed by atoms with Gasteiger partial charge in [0.1, 0.15) is 0 Å². The van der Waals surface area contributed by atoms with Crippen LogP contribution in [0.4, 0.5) is 0 Å². The minimum atomic E-state index is 0.747. The summed E-state index contributed by atoms with van der Waals surface area (Å²) >= 11 is 0. The van der Waals surface area contributed by atoms with Crippen molar-refractivity contribution in [1.82, 2.24) is 10.2 Å². The summed E-state index contributed by atoms with van der Waals surface area (Å²) in [5, 5.41) is 3.77. The van der Waals surface area contributed by atoms with Gasteiger partial charge < -0.3 is 5.32 Å². The molecule has 0 aromatic carbocycles. The Bertz CT molecular complexity index is 233. The lowest BCUT2D eigenvalue weighted by Crippen LogP contribution is -2.47. The molecule has 2 rings (SSSR count). The van der Waals surface area contributed by atoms with E-state index in [-0.39, 0.29) is 0 Å². The summed E-state index contributed by atoms with van der Waals surface area (Å²) < 4.78 is 0. The van der Waals surface area contributed by atoms with Crippen molar-refractivity contribution in [2.45, 2.75) is 71.4 Å². The molecule has 2 heteroatoms. The number of likely N-dealkylation sites (N-methyl/N-ethyl adjacent to an activating group) is 1. The normalized spacial score (nSPS) is 28.3. The van der Waals surface area contributed by atoms with Crippen LogP contribution in [0.5, 0.6) is 0 Å². The fourth-order valence-corrected chi connectivity index (χ4v) is 4.09. The summed E-state index contributed by atoms with van der Waals surface area (Å²) in [7, 11) is 0. The maximum atomic E-state index is 3.77. The molecule has 0 amide bonds. The van der Waals surface area contributed by atoms with Crippen molar-refractivity contribution in [1.29, 1.82) is 0 Å². The quantitative estimate of drug-likeness (QED) is 0.780. The van der Waals surface area contributed by atoms with Crippen LogP contribution in [0.3, 0.4) is 0 Å². The third kappa shape index (κ3) is 3.48. The van der Waals surface area contributed by atoms with Crippen LogP contribution in [0, 0.1) is 11.8 Å². The number of nitrogens with one attached hydrogen (secondary N) is 1. The standard InChI is InChI=1S/C16H32N2/c1-4-17-15(14-8-5-6-9-14)12-18-11-7-10-16(18)13(2)3/h13-17H,4-12H2,1-3H3. The molecule has 106 valence electrons. The summed E-state index contributed by atoms with van der Waals surface area (Å²) in [4.78, 5) is 2.77. The van der Waals surface area contributed by atoms with Gasteiger partial charge in [-0.25, -0.2) is 0 Å². The minimum absolute atomic E-state index is 0.747. The highest BCUT2D eigenvalue weighted by atomic mass is 15.2. The van der Waals surface area contributed by atoms with Gasteiger partial charge in [0.2, 0.25) is 0 Å². The van der Waals surface area contributed by atoms with Gasteiger partial charge in [-0.15, -0.1) is 0 Å². The first kappa shape index (κ1) is 14.3. The number of hydrogen-bond acceptors (Lipinski definition) is 2. The van der Waals surface area contributed by atoms with Crippen molar-refractivity contribution >= 4 is 0 Å². The first-order valence-electron chi connectivity index (χ1n) is 8.19. The van der Waals surface area contributed by atoms with Crippen molar-refractivity contribution < 1.29 is 0 Å². The predicted molar refractivity (Wildman–Crippen MR) is 78.9 cm³/mol. The Kier molecular flexibility index (Phi) is 5.50. The van der Waals surface area contributed by atoms with Gasteiger partial charge in [0.25, 0.3) is 0 Å². The summed E-state index contributed by atoms with van der Waals surface area (Å²) in [6.07, 6.45) is 8.66. The molecule has 18 heavy (non-hydrogen) atoms. The molecule has 2 nitrogen and oxygen atoms in total. The molecule has 2 fully saturated rings. The molecule has 1 aliphatic carbocycles. The van der Waals surface area contributed by atoms with Crippen LogP contribution in [0.1, 0.15) is 59.3 Å². The molecule has 0 radical (unpaired) electrons. The molecule has 1 heterocycles. The van der Waals surface area contributed by atoms with Crippen molar-refractivity contribution in [3.05, 3.63) is 0 Å². The van der Waals surface area contributed by atoms with E-state index >= 15 is 0 Å².